The number of carboxylic acids is 1. The molecule has 0 atom stereocenters. The Labute approximate surface area is 159 Å². The Morgan fingerprint density at radius 2 is 1.93 bits per heavy atom. The van der Waals surface area contributed by atoms with Gasteiger partial charge >= 0.3 is 5.97 Å². The number of rotatable bonds is 9. The van der Waals surface area contributed by atoms with E-state index in [0.717, 1.165) is 11.3 Å². The van der Waals surface area contributed by atoms with Crippen molar-refractivity contribution in [3.8, 4) is 0 Å². The summed E-state index contributed by atoms with van der Waals surface area (Å²) in [6, 6.07) is 10.8. The number of allylic oxidation sites excluding steroid dienone is 3. The van der Waals surface area contributed by atoms with Crippen LogP contribution >= 0.6 is 0 Å². The summed E-state index contributed by atoms with van der Waals surface area (Å²) in [4.78, 5) is 22.0. The Hall–Kier alpha value is -3.25. The first-order chi connectivity index (χ1) is 13.1. The van der Waals surface area contributed by atoms with Crippen LogP contribution in [0, 0.1) is 0 Å². The van der Waals surface area contributed by atoms with Crippen LogP contribution in [0.25, 0.3) is 0 Å². The highest BCUT2D eigenvalue weighted by molar-refractivity contribution is 5.85. The van der Waals surface area contributed by atoms with E-state index < -0.39 is 5.97 Å². The van der Waals surface area contributed by atoms with Gasteiger partial charge in [0.2, 0.25) is 0 Å². The maximum absolute atomic E-state index is 11.2. The highest BCUT2D eigenvalue weighted by atomic mass is 16.4. The van der Waals surface area contributed by atoms with Crippen LogP contribution in [-0.2, 0) is 13.1 Å². The van der Waals surface area contributed by atoms with E-state index in [0.29, 0.717) is 25.3 Å². The molecule has 140 valence electrons. The number of nitrogens with two attached hydrogens (primary N) is 1. The van der Waals surface area contributed by atoms with Crippen LogP contribution in [0.5, 0.6) is 0 Å². The number of carbonyl (C=O) groups is 1. The molecule has 0 unspecified atom stereocenters. The highest BCUT2D eigenvalue weighted by Crippen LogP contribution is 2.12. The lowest BCUT2D eigenvalue weighted by Gasteiger charge is -2.22. The molecule has 0 bridgehead atoms. The molecule has 0 spiro atoms. The monoisotopic (exact) mass is 364 g/mol. The van der Waals surface area contributed by atoms with Gasteiger partial charge in [0.05, 0.1) is 11.4 Å². The molecule has 0 saturated carbocycles. The normalized spacial score (nSPS) is 12.3. The number of aromatic carboxylic acids is 1. The van der Waals surface area contributed by atoms with Gasteiger partial charge in [-0.1, -0.05) is 30.4 Å². The van der Waals surface area contributed by atoms with Crippen molar-refractivity contribution in [3.63, 3.8) is 0 Å². The predicted octanol–water partition coefficient (Wildman–Crippen LogP) is 3.15. The van der Waals surface area contributed by atoms with E-state index in [9.17, 15) is 4.79 Å². The molecule has 0 aliphatic carbocycles. The second kappa shape index (κ2) is 10.7. The Bertz CT molecular complexity index is 829. The number of hydrogen-bond acceptors (Lipinski definition) is 5. The van der Waals surface area contributed by atoms with Crippen molar-refractivity contribution in [2.75, 3.05) is 6.54 Å². The molecule has 6 heteroatoms. The van der Waals surface area contributed by atoms with E-state index in [1.807, 2.05) is 49.4 Å². The standard InChI is InChI=1S/C21H24N4O2/c1-2-17(8-3-5-12-22)14-25(15-18-9-4-6-13-23-18)16-19-10-7-11-20(24-19)21(26)27/h2-13H,14-16,22H2,1H3,(H,26,27)/b8-3-,12-5-,17-2-. The van der Waals surface area contributed by atoms with Crippen LogP contribution in [0.2, 0.25) is 0 Å². The molecular weight excluding hydrogens is 340 g/mol. The number of nitrogens with zero attached hydrogens (tertiary/aromatic N) is 3. The molecule has 2 heterocycles. The molecule has 2 aromatic rings. The number of aromatic nitrogens is 2. The third-order valence-electron chi connectivity index (χ3n) is 3.83. The van der Waals surface area contributed by atoms with Gasteiger partial charge in [0.25, 0.3) is 0 Å². The average Bonchev–Trinajstić information content (AvgIpc) is 2.68. The molecule has 6 nitrogen and oxygen atoms in total. The van der Waals surface area contributed by atoms with Gasteiger partial charge < -0.3 is 10.8 Å². The predicted molar refractivity (Wildman–Crippen MR) is 106 cm³/mol. The maximum Gasteiger partial charge on any atom is 0.354 e. The lowest BCUT2D eigenvalue weighted by molar-refractivity contribution is 0.0690. The van der Waals surface area contributed by atoms with E-state index in [2.05, 4.69) is 14.9 Å². The summed E-state index contributed by atoms with van der Waals surface area (Å²) < 4.78 is 0. The minimum Gasteiger partial charge on any atom is -0.477 e. The number of hydrogen-bond donors (Lipinski definition) is 2. The van der Waals surface area contributed by atoms with E-state index in [1.54, 1.807) is 18.3 Å². The fourth-order valence-corrected chi connectivity index (χ4v) is 2.55. The fraction of sp³-hybridized carbons (Fsp3) is 0.190. The van der Waals surface area contributed by atoms with Crippen molar-refractivity contribution in [2.45, 2.75) is 20.0 Å². The molecular formula is C21H24N4O2. The minimum atomic E-state index is -1.03. The molecule has 3 N–H and O–H groups in total. The van der Waals surface area contributed by atoms with Gasteiger partial charge in [0, 0.05) is 25.8 Å². The lowest BCUT2D eigenvalue weighted by atomic mass is 10.2. The Morgan fingerprint density at radius 3 is 2.59 bits per heavy atom. The van der Waals surface area contributed by atoms with E-state index >= 15 is 0 Å². The van der Waals surface area contributed by atoms with Crippen LogP contribution in [-0.4, -0.2) is 32.5 Å². The van der Waals surface area contributed by atoms with Crippen molar-refractivity contribution in [1.29, 1.82) is 0 Å². The van der Waals surface area contributed by atoms with Crippen molar-refractivity contribution in [2.24, 2.45) is 5.73 Å². The molecule has 0 aliphatic heterocycles. The Kier molecular flexibility index (Phi) is 7.93. The Balaban J connectivity index is 2.21. The van der Waals surface area contributed by atoms with E-state index in [-0.39, 0.29) is 5.69 Å². The summed E-state index contributed by atoms with van der Waals surface area (Å²) in [6.45, 7) is 3.78. The molecule has 0 aliphatic rings. The molecule has 0 fully saturated rings. The van der Waals surface area contributed by atoms with Crippen LogP contribution in [0.3, 0.4) is 0 Å². The van der Waals surface area contributed by atoms with E-state index in [4.69, 9.17) is 10.8 Å². The number of pyridine rings is 2. The molecule has 2 aromatic heterocycles. The highest BCUT2D eigenvalue weighted by Gasteiger charge is 2.12. The summed E-state index contributed by atoms with van der Waals surface area (Å²) in [5.74, 6) is -1.03. The summed E-state index contributed by atoms with van der Waals surface area (Å²) in [7, 11) is 0. The lowest BCUT2D eigenvalue weighted by Crippen LogP contribution is -2.26. The summed E-state index contributed by atoms with van der Waals surface area (Å²) in [5.41, 5.74) is 8.17. The zero-order valence-corrected chi connectivity index (χ0v) is 15.3. The van der Waals surface area contributed by atoms with Crippen LogP contribution in [0.15, 0.2) is 78.7 Å². The fourth-order valence-electron chi connectivity index (χ4n) is 2.55. The molecule has 0 amide bonds. The average molecular weight is 364 g/mol. The van der Waals surface area contributed by atoms with Gasteiger partial charge in [-0.15, -0.1) is 0 Å². The van der Waals surface area contributed by atoms with Gasteiger partial charge in [0.15, 0.2) is 0 Å². The third-order valence-corrected chi connectivity index (χ3v) is 3.83. The third kappa shape index (κ3) is 6.87. The molecule has 2 rings (SSSR count). The van der Waals surface area contributed by atoms with Gasteiger partial charge in [-0.25, -0.2) is 9.78 Å². The molecule has 0 saturated heterocycles. The quantitative estimate of drug-likeness (QED) is 0.664. The van der Waals surface area contributed by atoms with Crippen LogP contribution in [0.1, 0.15) is 28.8 Å². The first kappa shape index (κ1) is 20.1. The van der Waals surface area contributed by atoms with Gasteiger partial charge in [-0.05, 0) is 49.0 Å². The zero-order chi connectivity index (χ0) is 19.5. The van der Waals surface area contributed by atoms with Gasteiger partial charge in [-0.2, -0.15) is 0 Å². The summed E-state index contributed by atoms with van der Waals surface area (Å²) in [5, 5.41) is 9.16. The van der Waals surface area contributed by atoms with Crippen LogP contribution in [0.4, 0.5) is 0 Å². The molecule has 27 heavy (non-hydrogen) atoms. The minimum absolute atomic E-state index is 0.0459. The number of carboxylic acid groups (broad SMARTS) is 1. The van der Waals surface area contributed by atoms with E-state index in [1.165, 1.54) is 12.3 Å². The summed E-state index contributed by atoms with van der Waals surface area (Å²) >= 11 is 0. The van der Waals surface area contributed by atoms with Crippen molar-refractivity contribution in [1.82, 2.24) is 14.9 Å². The second-order valence-electron chi connectivity index (χ2n) is 5.89. The first-order valence-electron chi connectivity index (χ1n) is 8.64. The zero-order valence-electron chi connectivity index (χ0n) is 15.3. The SMILES string of the molecule is C/C=C(/C=C\C=C/N)CN(Cc1ccccn1)Cc1cccc(C(=O)O)n1. The molecule has 0 radical (unpaired) electrons. The second-order valence-corrected chi connectivity index (χ2v) is 5.89. The smallest absolute Gasteiger partial charge is 0.354 e. The van der Waals surface area contributed by atoms with Crippen molar-refractivity contribution in [3.05, 3.63) is 95.8 Å². The molecule has 0 aromatic carbocycles. The van der Waals surface area contributed by atoms with Gasteiger partial charge in [0.1, 0.15) is 5.69 Å². The topological polar surface area (TPSA) is 92.3 Å². The van der Waals surface area contributed by atoms with Crippen LogP contribution < -0.4 is 5.73 Å². The Morgan fingerprint density at radius 1 is 1.15 bits per heavy atom. The van der Waals surface area contributed by atoms with Crippen molar-refractivity contribution >= 4 is 5.97 Å². The summed E-state index contributed by atoms with van der Waals surface area (Å²) in [6.07, 6.45) is 10.9. The first-order valence-corrected chi connectivity index (χ1v) is 8.64. The largest absolute Gasteiger partial charge is 0.477 e. The van der Waals surface area contributed by atoms with Crippen molar-refractivity contribution < 1.29 is 9.90 Å². The van der Waals surface area contributed by atoms with Gasteiger partial charge in [-0.3, -0.25) is 9.88 Å². The maximum atomic E-state index is 11.2.